The number of alkyl halides is 6. The molecule has 2 rings (SSSR count). The minimum absolute atomic E-state index is 0.0611. The van der Waals surface area contributed by atoms with E-state index >= 15 is 0 Å². The summed E-state index contributed by atoms with van der Waals surface area (Å²) >= 11 is 0.291. The lowest BCUT2D eigenvalue weighted by Gasteiger charge is -2.08. The molecule has 0 saturated heterocycles. The predicted octanol–water partition coefficient (Wildman–Crippen LogP) is 4.90. The fraction of sp³-hybridized carbons (Fsp3) is 0.200. The summed E-state index contributed by atoms with van der Waals surface area (Å²) in [6.07, 6.45) is -8.52. The van der Waals surface area contributed by atoms with Gasteiger partial charge in [-0.15, -0.1) is 11.3 Å². The average molecular weight is 394 g/mol. The molecule has 0 aliphatic heterocycles. The zero-order chi connectivity index (χ0) is 19.5. The SMILES string of the molecule is N#Cc1cc(OC/C=C/C(F)(F)F)nc(-c2ccc(C(F)(F)F)s2)c1O. The van der Waals surface area contributed by atoms with Crippen molar-refractivity contribution < 1.29 is 36.2 Å². The normalized spacial score (nSPS) is 12.3. The molecule has 0 aliphatic carbocycles. The van der Waals surface area contributed by atoms with E-state index in [2.05, 4.69) is 4.98 Å². The zero-order valence-corrected chi connectivity index (χ0v) is 13.3. The van der Waals surface area contributed by atoms with Gasteiger partial charge in [0.1, 0.15) is 28.8 Å². The van der Waals surface area contributed by atoms with E-state index in [4.69, 9.17) is 10.00 Å². The number of thiophene rings is 1. The molecule has 26 heavy (non-hydrogen) atoms. The number of allylic oxidation sites excluding steroid dienone is 1. The molecule has 0 saturated carbocycles. The second-order valence-corrected chi connectivity index (χ2v) is 5.82. The Morgan fingerprint density at radius 1 is 1.23 bits per heavy atom. The maximum atomic E-state index is 12.7. The first-order valence-corrected chi connectivity index (χ1v) is 7.51. The number of aromatic hydroxyl groups is 1. The molecule has 0 bridgehead atoms. The van der Waals surface area contributed by atoms with E-state index in [0.29, 0.717) is 17.4 Å². The van der Waals surface area contributed by atoms with Gasteiger partial charge < -0.3 is 9.84 Å². The largest absolute Gasteiger partial charge is 0.504 e. The van der Waals surface area contributed by atoms with Gasteiger partial charge in [0.25, 0.3) is 0 Å². The Balaban J connectivity index is 2.33. The summed E-state index contributed by atoms with van der Waals surface area (Å²) in [5.41, 5.74) is -0.675. The average Bonchev–Trinajstić information content (AvgIpc) is 3.01. The number of hydrogen-bond donors (Lipinski definition) is 1. The van der Waals surface area contributed by atoms with Crippen LogP contribution in [0, 0.1) is 11.3 Å². The highest BCUT2D eigenvalue weighted by Gasteiger charge is 2.33. The lowest BCUT2D eigenvalue weighted by Crippen LogP contribution is -2.03. The van der Waals surface area contributed by atoms with E-state index in [1.807, 2.05) is 0 Å². The third-order valence-electron chi connectivity index (χ3n) is 2.84. The molecular formula is C15H8F6N2O2S. The van der Waals surface area contributed by atoms with Crippen LogP contribution in [0.2, 0.25) is 0 Å². The van der Waals surface area contributed by atoms with Crippen LogP contribution in [-0.2, 0) is 6.18 Å². The molecule has 2 aromatic heterocycles. The summed E-state index contributed by atoms with van der Waals surface area (Å²) in [4.78, 5) is 2.77. The standard InChI is InChI=1S/C15H8F6N2O2S/c16-14(17,18)4-1-5-25-11-6-8(7-22)13(24)12(23-11)9-2-3-10(26-9)15(19,20)21/h1-4,6,24H,5H2/b4-1+. The van der Waals surface area contributed by atoms with Crippen LogP contribution in [0.5, 0.6) is 11.6 Å². The maximum absolute atomic E-state index is 12.7. The summed E-state index contributed by atoms with van der Waals surface area (Å²) in [7, 11) is 0. The molecule has 0 amide bonds. The van der Waals surface area contributed by atoms with Gasteiger partial charge in [-0.1, -0.05) is 0 Å². The molecule has 0 fully saturated rings. The van der Waals surface area contributed by atoms with Crippen LogP contribution in [-0.4, -0.2) is 22.9 Å². The van der Waals surface area contributed by atoms with E-state index in [1.165, 1.54) is 0 Å². The van der Waals surface area contributed by atoms with Gasteiger partial charge in [-0.2, -0.15) is 31.6 Å². The molecule has 11 heteroatoms. The van der Waals surface area contributed by atoms with Gasteiger partial charge in [0.15, 0.2) is 5.75 Å². The van der Waals surface area contributed by atoms with Gasteiger partial charge >= 0.3 is 12.4 Å². The van der Waals surface area contributed by atoms with Crippen LogP contribution in [0.25, 0.3) is 10.6 Å². The lowest BCUT2D eigenvalue weighted by molar-refractivity contribution is -0.134. The third kappa shape index (κ3) is 4.89. The van der Waals surface area contributed by atoms with Crippen LogP contribution in [0.3, 0.4) is 0 Å². The van der Waals surface area contributed by atoms with E-state index in [9.17, 15) is 31.4 Å². The Hall–Kier alpha value is -2.74. The number of nitriles is 1. The van der Waals surface area contributed by atoms with E-state index in [-0.39, 0.29) is 28.1 Å². The quantitative estimate of drug-likeness (QED) is 0.592. The number of nitrogens with zero attached hydrogens (tertiary/aromatic N) is 2. The van der Waals surface area contributed by atoms with Crippen LogP contribution >= 0.6 is 11.3 Å². The van der Waals surface area contributed by atoms with Crippen molar-refractivity contribution >= 4 is 11.3 Å². The molecule has 0 unspecified atom stereocenters. The number of ether oxygens (including phenoxy) is 1. The Morgan fingerprint density at radius 3 is 2.46 bits per heavy atom. The molecule has 1 N–H and O–H groups in total. The lowest BCUT2D eigenvalue weighted by atomic mass is 10.2. The van der Waals surface area contributed by atoms with Crippen LogP contribution < -0.4 is 4.74 Å². The predicted molar refractivity (Wildman–Crippen MR) is 79.6 cm³/mol. The number of aromatic nitrogens is 1. The van der Waals surface area contributed by atoms with Gasteiger partial charge in [-0.05, 0) is 18.2 Å². The van der Waals surface area contributed by atoms with Gasteiger partial charge in [0.05, 0.1) is 4.88 Å². The van der Waals surface area contributed by atoms with Gasteiger partial charge in [0, 0.05) is 12.1 Å². The summed E-state index contributed by atoms with van der Waals surface area (Å²) in [5.74, 6) is -0.968. The Morgan fingerprint density at radius 2 is 1.92 bits per heavy atom. The fourth-order valence-corrected chi connectivity index (χ4v) is 2.64. The Labute approximate surface area is 146 Å². The van der Waals surface area contributed by atoms with Crippen LogP contribution in [0.4, 0.5) is 26.3 Å². The van der Waals surface area contributed by atoms with Crippen molar-refractivity contribution in [3.8, 4) is 28.3 Å². The minimum atomic E-state index is -4.59. The topological polar surface area (TPSA) is 66.1 Å². The number of rotatable bonds is 4. The van der Waals surface area contributed by atoms with E-state index < -0.39 is 29.6 Å². The van der Waals surface area contributed by atoms with Crippen molar-refractivity contribution in [3.63, 3.8) is 0 Å². The molecule has 2 heterocycles. The number of pyridine rings is 1. The molecule has 0 radical (unpaired) electrons. The molecule has 0 atom stereocenters. The summed E-state index contributed by atoms with van der Waals surface area (Å²) < 4.78 is 79.1. The summed E-state index contributed by atoms with van der Waals surface area (Å²) in [6.45, 7) is -0.542. The molecule has 2 aromatic rings. The number of hydrogen-bond acceptors (Lipinski definition) is 5. The van der Waals surface area contributed by atoms with Crippen molar-refractivity contribution in [3.05, 3.63) is 40.8 Å². The number of halogens is 6. The molecular weight excluding hydrogens is 386 g/mol. The van der Waals surface area contributed by atoms with Crippen molar-refractivity contribution in [2.75, 3.05) is 6.61 Å². The first-order chi connectivity index (χ1) is 12.0. The highest BCUT2D eigenvalue weighted by molar-refractivity contribution is 7.15. The highest BCUT2D eigenvalue weighted by atomic mass is 32.1. The molecule has 0 aromatic carbocycles. The Bertz CT molecular complexity index is 864. The molecule has 4 nitrogen and oxygen atoms in total. The van der Waals surface area contributed by atoms with Gasteiger partial charge in [0.2, 0.25) is 5.88 Å². The van der Waals surface area contributed by atoms with Crippen molar-refractivity contribution in [1.29, 1.82) is 5.26 Å². The van der Waals surface area contributed by atoms with Crippen LogP contribution in [0.15, 0.2) is 30.4 Å². The van der Waals surface area contributed by atoms with E-state index in [1.54, 1.807) is 6.07 Å². The first-order valence-electron chi connectivity index (χ1n) is 6.70. The Kier molecular flexibility index (Phi) is 5.46. The monoisotopic (exact) mass is 394 g/mol. The smallest absolute Gasteiger partial charge is 0.425 e. The summed E-state index contributed by atoms with van der Waals surface area (Å²) in [6, 6.07) is 4.43. The molecule has 0 spiro atoms. The van der Waals surface area contributed by atoms with Crippen molar-refractivity contribution in [2.24, 2.45) is 0 Å². The van der Waals surface area contributed by atoms with Gasteiger partial charge in [-0.3, -0.25) is 0 Å². The highest BCUT2D eigenvalue weighted by Crippen LogP contribution is 2.41. The first kappa shape index (κ1) is 19.6. The maximum Gasteiger partial charge on any atom is 0.425 e. The second kappa shape index (κ2) is 7.25. The van der Waals surface area contributed by atoms with E-state index in [0.717, 1.165) is 18.2 Å². The fourth-order valence-electron chi connectivity index (χ4n) is 1.78. The molecule has 138 valence electrons. The van der Waals surface area contributed by atoms with Gasteiger partial charge in [-0.25, -0.2) is 4.98 Å². The zero-order valence-electron chi connectivity index (χ0n) is 12.5. The molecule has 0 aliphatic rings. The third-order valence-corrected chi connectivity index (χ3v) is 3.98. The second-order valence-electron chi connectivity index (χ2n) is 4.73. The minimum Gasteiger partial charge on any atom is -0.504 e. The van der Waals surface area contributed by atoms with Crippen molar-refractivity contribution in [1.82, 2.24) is 4.98 Å². The summed E-state index contributed by atoms with van der Waals surface area (Å²) in [5, 5.41) is 19.0. The van der Waals surface area contributed by atoms with Crippen LogP contribution in [0.1, 0.15) is 10.4 Å². The van der Waals surface area contributed by atoms with Crippen molar-refractivity contribution in [2.45, 2.75) is 12.4 Å².